The first-order valence-corrected chi connectivity index (χ1v) is 5.15. The van der Waals surface area contributed by atoms with Crippen molar-refractivity contribution in [2.45, 2.75) is 19.8 Å². The summed E-state index contributed by atoms with van der Waals surface area (Å²) in [5.74, 6) is 0.639. The Balaban J connectivity index is 2.18. The van der Waals surface area contributed by atoms with Crippen LogP contribution in [0.15, 0.2) is 18.5 Å². The normalized spacial score (nSPS) is 21.3. The van der Waals surface area contributed by atoms with Crippen LogP contribution in [-0.2, 0) is 0 Å². The molecule has 1 fully saturated rings. The molecule has 0 saturated carbocycles. The van der Waals surface area contributed by atoms with Crippen LogP contribution in [0.3, 0.4) is 0 Å². The Hall–Kier alpha value is -1.19. The van der Waals surface area contributed by atoms with E-state index in [1.807, 2.05) is 0 Å². The Morgan fingerprint density at radius 3 is 2.87 bits per heavy atom. The molecule has 2 nitrogen and oxygen atoms in total. The molecule has 1 atom stereocenters. The second-order valence-electron chi connectivity index (χ2n) is 4.12. The van der Waals surface area contributed by atoms with E-state index in [-0.39, 0.29) is 5.56 Å². The van der Waals surface area contributed by atoms with Crippen molar-refractivity contribution in [3.05, 3.63) is 24.0 Å². The molecule has 82 valence electrons. The van der Waals surface area contributed by atoms with Crippen LogP contribution in [0.2, 0.25) is 0 Å². The molecular weight excluding hydrogens is 198 g/mol. The van der Waals surface area contributed by atoms with Gasteiger partial charge in [-0.2, -0.15) is 0 Å². The van der Waals surface area contributed by atoms with Gasteiger partial charge in [0.1, 0.15) is 0 Å². The molecule has 0 aliphatic carbocycles. The van der Waals surface area contributed by atoms with E-state index in [1.54, 1.807) is 6.20 Å². The van der Waals surface area contributed by atoms with Gasteiger partial charge in [-0.15, -0.1) is 0 Å². The SMILES string of the molecule is CC1CCN(c2cncc(C(F)F)c2)C1. The van der Waals surface area contributed by atoms with E-state index in [0.717, 1.165) is 25.2 Å². The van der Waals surface area contributed by atoms with Gasteiger partial charge in [-0.1, -0.05) is 6.92 Å². The minimum absolute atomic E-state index is 0.00653. The highest BCUT2D eigenvalue weighted by Gasteiger charge is 2.20. The summed E-state index contributed by atoms with van der Waals surface area (Å²) in [6.45, 7) is 4.05. The van der Waals surface area contributed by atoms with Crippen LogP contribution in [0.5, 0.6) is 0 Å². The van der Waals surface area contributed by atoms with Gasteiger partial charge in [0.2, 0.25) is 0 Å². The standard InChI is InChI=1S/C11H14F2N2/c1-8-2-3-15(7-8)10-4-9(11(12)13)5-14-6-10/h4-6,8,11H,2-3,7H2,1H3. The molecule has 0 radical (unpaired) electrons. The zero-order chi connectivity index (χ0) is 10.8. The monoisotopic (exact) mass is 212 g/mol. The number of anilines is 1. The molecule has 4 heteroatoms. The van der Waals surface area contributed by atoms with Crippen molar-refractivity contribution >= 4 is 5.69 Å². The molecule has 0 aromatic carbocycles. The van der Waals surface area contributed by atoms with E-state index in [0.29, 0.717) is 5.92 Å². The lowest BCUT2D eigenvalue weighted by molar-refractivity contribution is 0.151. The summed E-state index contributed by atoms with van der Waals surface area (Å²) in [6, 6.07) is 1.54. The highest BCUT2D eigenvalue weighted by molar-refractivity contribution is 5.47. The van der Waals surface area contributed by atoms with E-state index in [9.17, 15) is 8.78 Å². The van der Waals surface area contributed by atoms with Crippen LogP contribution in [0.25, 0.3) is 0 Å². The van der Waals surface area contributed by atoms with Gasteiger partial charge >= 0.3 is 0 Å². The van der Waals surface area contributed by atoms with Crippen molar-refractivity contribution in [2.75, 3.05) is 18.0 Å². The average molecular weight is 212 g/mol. The molecule has 0 N–H and O–H groups in total. The third-order valence-electron chi connectivity index (χ3n) is 2.79. The second-order valence-corrected chi connectivity index (χ2v) is 4.12. The number of hydrogen-bond donors (Lipinski definition) is 0. The van der Waals surface area contributed by atoms with Gasteiger partial charge in [-0.3, -0.25) is 4.98 Å². The number of nitrogens with zero attached hydrogens (tertiary/aromatic N) is 2. The minimum Gasteiger partial charge on any atom is -0.370 e. The zero-order valence-corrected chi connectivity index (χ0v) is 8.66. The first kappa shape index (κ1) is 10.3. The maximum absolute atomic E-state index is 12.5. The van der Waals surface area contributed by atoms with E-state index in [4.69, 9.17) is 0 Å². The van der Waals surface area contributed by atoms with E-state index < -0.39 is 6.43 Å². The third-order valence-corrected chi connectivity index (χ3v) is 2.79. The molecule has 2 heterocycles. The summed E-state index contributed by atoms with van der Waals surface area (Å²) < 4.78 is 24.9. The van der Waals surface area contributed by atoms with Gasteiger partial charge < -0.3 is 4.90 Å². The van der Waals surface area contributed by atoms with E-state index in [1.165, 1.54) is 12.3 Å². The Bertz CT molecular complexity index is 341. The van der Waals surface area contributed by atoms with Gasteiger partial charge in [-0.25, -0.2) is 8.78 Å². The predicted octanol–water partition coefficient (Wildman–Crippen LogP) is 2.87. The zero-order valence-electron chi connectivity index (χ0n) is 8.66. The van der Waals surface area contributed by atoms with Crippen molar-refractivity contribution in [1.29, 1.82) is 0 Å². The van der Waals surface area contributed by atoms with Gasteiger partial charge in [-0.05, 0) is 18.4 Å². The summed E-state index contributed by atoms with van der Waals surface area (Å²) in [5.41, 5.74) is 0.823. The largest absolute Gasteiger partial charge is 0.370 e. The van der Waals surface area contributed by atoms with E-state index >= 15 is 0 Å². The molecule has 15 heavy (non-hydrogen) atoms. The van der Waals surface area contributed by atoms with Crippen LogP contribution >= 0.6 is 0 Å². The van der Waals surface area contributed by atoms with Crippen LogP contribution in [-0.4, -0.2) is 18.1 Å². The molecule has 0 spiro atoms. The van der Waals surface area contributed by atoms with Crippen LogP contribution < -0.4 is 4.90 Å². The fourth-order valence-electron chi connectivity index (χ4n) is 1.91. The molecule has 1 saturated heterocycles. The van der Waals surface area contributed by atoms with Gasteiger partial charge in [0, 0.05) is 24.8 Å². The molecule has 1 aromatic rings. The Morgan fingerprint density at radius 2 is 2.27 bits per heavy atom. The number of hydrogen-bond acceptors (Lipinski definition) is 2. The summed E-state index contributed by atoms with van der Waals surface area (Å²) >= 11 is 0. The average Bonchev–Trinajstić information content (AvgIpc) is 2.65. The first-order valence-electron chi connectivity index (χ1n) is 5.15. The van der Waals surface area contributed by atoms with Crippen molar-refractivity contribution < 1.29 is 8.78 Å². The van der Waals surface area contributed by atoms with Crippen molar-refractivity contribution in [1.82, 2.24) is 4.98 Å². The molecular formula is C11H14F2N2. The number of aromatic nitrogens is 1. The Kier molecular flexibility index (Phi) is 2.84. The molecule has 0 bridgehead atoms. The van der Waals surface area contributed by atoms with Crippen molar-refractivity contribution in [2.24, 2.45) is 5.92 Å². The van der Waals surface area contributed by atoms with Gasteiger partial charge in [0.15, 0.2) is 0 Å². The lowest BCUT2D eigenvalue weighted by Crippen LogP contribution is -2.19. The molecule has 1 aromatic heterocycles. The quantitative estimate of drug-likeness (QED) is 0.749. The highest BCUT2D eigenvalue weighted by atomic mass is 19.3. The number of rotatable bonds is 2. The van der Waals surface area contributed by atoms with Crippen LogP contribution in [0.1, 0.15) is 25.3 Å². The lowest BCUT2D eigenvalue weighted by Gasteiger charge is -2.18. The maximum atomic E-state index is 12.5. The fourth-order valence-corrected chi connectivity index (χ4v) is 1.91. The molecule has 0 amide bonds. The first-order chi connectivity index (χ1) is 7.16. The van der Waals surface area contributed by atoms with Gasteiger partial charge in [0.25, 0.3) is 6.43 Å². The number of halogens is 2. The molecule has 1 aliphatic rings. The predicted molar refractivity (Wildman–Crippen MR) is 55.2 cm³/mol. The fraction of sp³-hybridized carbons (Fsp3) is 0.545. The summed E-state index contributed by atoms with van der Waals surface area (Å²) in [6.07, 6.45) is 1.58. The van der Waals surface area contributed by atoms with Crippen LogP contribution in [0.4, 0.5) is 14.5 Å². The van der Waals surface area contributed by atoms with Crippen molar-refractivity contribution in [3.63, 3.8) is 0 Å². The molecule has 1 unspecified atom stereocenters. The Morgan fingerprint density at radius 1 is 1.47 bits per heavy atom. The lowest BCUT2D eigenvalue weighted by atomic mass is 10.2. The summed E-state index contributed by atoms with van der Waals surface area (Å²) in [5, 5.41) is 0. The summed E-state index contributed by atoms with van der Waals surface area (Å²) in [7, 11) is 0. The van der Waals surface area contributed by atoms with Crippen LogP contribution in [0, 0.1) is 5.92 Å². The minimum atomic E-state index is -2.43. The number of alkyl halides is 2. The summed E-state index contributed by atoms with van der Waals surface area (Å²) in [4.78, 5) is 5.97. The third kappa shape index (κ3) is 2.25. The van der Waals surface area contributed by atoms with Gasteiger partial charge in [0.05, 0.1) is 11.9 Å². The van der Waals surface area contributed by atoms with E-state index in [2.05, 4.69) is 16.8 Å². The topological polar surface area (TPSA) is 16.1 Å². The Labute approximate surface area is 87.9 Å². The highest BCUT2D eigenvalue weighted by Crippen LogP contribution is 2.26. The maximum Gasteiger partial charge on any atom is 0.265 e. The van der Waals surface area contributed by atoms with Crippen molar-refractivity contribution in [3.8, 4) is 0 Å². The second kappa shape index (κ2) is 4.13. The number of pyridine rings is 1. The molecule has 2 rings (SSSR count). The smallest absolute Gasteiger partial charge is 0.265 e. The molecule has 1 aliphatic heterocycles.